The first-order chi connectivity index (χ1) is 7.97. The summed E-state index contributed by atoms with van der Waals surface area (Å²) in [6, 6.07) is 0.649. The molecule has 0 unspecified atom stereocenters. The molecule has 1 fully saturated rings. The van der Waals surface area contributed by atoms with Gasteiger partial charge < -0.3 is 10.0 Å². The molecule has 0 bridgehead atoms. The minimum absolute atomic E-state index is 0.163. The SMILES string of the molecule is CC(C)N(C(=O)CN1CCC[C@H]1CO)C(C)C. The maximum Gasteiger partial charge on any atom is 0.237 e. The number of carbonyl (C=O) groups is 1. The molecular formula is C13H26N2O2. The number of carbonyl (C=O) groups excluding carboxylic acids is 1. The Morgan fingerprint density at radius 1 is 1.35 bits per heavy atom. The Morgan fingerprint density at radius 3 is 2.41 bits per heavy atom. The molecule has 1 rings (SSSR count). The minimum atomic E-state index is 0.163. The van der Waals surface area contributed by atoms with Crippen LogP contribution in [0.1, 0.15) is 40.5 Å². The second-order valence-electron chi connectivity index (χ2n) is 5.44. The summed E-state index contributed by atoms with van der Waals surface area (Å²) in [5.41, 5.74) is 0. The fourth-order valence-corrected chi connectivity index (χ4v) is 2.74. The van der Waals surface area contributed by atoms with Gasteiger partial charge in [-0.25, -0.2) is 0 Å². The van der Waals surface area contributed by atoms with E-state index >= 15 is 0 Å². The molecule has 1 saturated heterocycles. The van der Waals surface area contributed by atoms with Gasteiger partial charge in [0.25, 0.3) is 0 Å². The van der Waals surface area contributed by atoms with E-state index in [9.17, 15) is 9.90 Å². The maximum atomic E-state index is 12.2. The molecule has 1 heterocycles. The van der Waals surface area contributed by atoms with Crippen LogP contribution >= 0.6 is 0 Å². The standard InChI is InChI=1S/C13H26N2O2/c1-10(2)15(11(3)4)13(17)8-14-7-5-6-12(14)9-16/h10-12,16H,5-9H2,1-4H3/t12-/m0/s1. The van der Waals surface area contributed by atoms with Crippen LogP contribution in [0, 0.1) is 0 Å². The summed E-state index contributed by atoms with van der Waals surface area (Å²) in [4.78, 5) is 16.3. The van der Waals surface area contributed by atoms with Crippen LogP contribution in [0.5, 0.6) is 0 Å². The van der Waals surface area contributed by atoms with Crippen molar-refractivity contribution >= 4 is 5.91 Å². The Kier molecular flexibility index (Phi) is 5.40. The van der Waals surface area contributed by atoms with Crippen LogP contribution in [0.15, 0.2) is 0 Å². The Bertz CT molecular complexity index is 246. The lowest BCUT2D eigenvalue weighted by Gasteiger charge is -2.33. The third-order valence-electron chi connectivity index (χ3n) is 3.45. The molecule has 1 atom stereocenters. The fraction of sp³-hybridized carbons (Fsp3) is 0.923. The number of hydrogen-bond donors (Lipinski definition) is 1. The van der Waals surface area contributed by atoms with Gasteiger partial charge in [0.15, 0.2) is 0 Å². The van der Waals surface area contributed by atoms with Crippen molar-refractivity contribution in [3.8, 4) is 0 Å². The van der Waals surface area contributed by atoms with Gasteiger partial charge >= 0.3 is 0 Å². The predicted molar refractivity (Wildman–Crippen MR) is 68.8 cm³/mol. The van der Waals surface area contributed by atoms with E-state index in [-0.39, 0.29) is 30.6 Å². The van der Waals surface area contributed by atoms with Crippen molar-refractivity contribution < 1.29 is 9.90 Å². The lowest BCUT2D eigenvalue weighted by molar-refractivity contribution is -0.136. The smallest absolute Gasteiger partial charge is 0.237 e. The van der Waals surface area contributed by atoms with Gasteiger partial charge in [0.2, 0.25) is 5.91 Å². The highest BCUT2D eigenvalue weighted by Crippen LogP contribution is 2.17. The van der Waals surface area contributed by atoms with Crippen LogP contribution < -0.4 is 0 Å². The van der Waals surface area contributed by atoms with E-state index in [1.807, 2.05) is 32.6 Å². The van der Waals surface area contributed by atoms with Crippen molar-refractivity contribution in [3.63, 3.8) is 0 Å². The van der Waals surface area contributed by atoms with Crippen molar-refractivity contribution in [3.05, 3.63) is 0 Å². The second-order valence-corrected chi connectivity index (χ2v) is 5.44. The lowest BCUT2D eigenvalue weighted by Crippen LogP contribution is -2.48. The fourth-order valence-electron chi connectivity index (χ4n) is 2.74. The molecule has 4 nitrogen and oxygen atoms in total. The van der Waals surface area contributed by atoms with Gasteiger partial charge in [0.1, 0.15) is 0 Å². The van der Waals surface area contributed by atoms with Crippen LogP contribution in [-0.4, -0.2) is 58.6 Å². The van der Waals surface area contributed by atoms with Crippen molar-refractivity contribution in [2.45, 2.75) is 58.7 Å². The predicted octanol–water partition coefficient (Wildman–Crippen LogP) is 1.09. The number of aliphatic hydroxyl groups is 1. The number of nitrogens with zero attached hydrogens (tertiary/aromatic N) is 2. The van der Waals surface area contributed by atoms with Crippen molar-refractivity contribution in [2.24, 2.45) is 0 Å². The van der Waals surface area contributed by atoms with Gasteiger partial charge in [-0.1, -0.05) is 0 Å². The minimum Gasteiger partial charge on any atom is -0.395 e. The molecule has 0 saturated carbocycles. The van der Waals surface area contributed by atoms with Gasteiger partial charge in [0.05, 0.1) is 13.2 Å². The van der Waals surface area contributed by atoms with Gasteiger partial charge in [0, 0.05) is 18.1 Å². The molecule has 1 amide bonds. The molecule has 0 aromatic heterocycles. The van der Waals surface area contributed by atoms with Crippen molar-refractivity contribution in [1.29, 1.82) is 0 Å². The van der Waals surface area contributed by atoms with Crippen LogP contribution in [-0.2, 0) is 4.79 Å². The highest BCUT2D eigenvalue weighted by Gasteiger charge is 2.28. The van der Waals surface area contributed by atoms with E-state index in [0.717, 1.165) is 19.4 Å². The summed E-state index contributed by atoms with van der Waals surface area (Å²) in [6.45, 7) is 9.73. The molecule has 0 aromatic carbocycles. The third-order valence-corrected chi connectivity index (χ3v) is 3.45. The molecule has 0 aliphatic carbocycles. The van der Waals surface area contributed by atoms with E-state index in [2.05, 4.69) is 4.90 Å². The Labute approximate surface area is 105 Å². The van der Waals surface area contributed by atoms with Crippen LogP contribution in [0.25, 0.3) is 0 Å². The first-order valence-electron chi connectivity index (χ1n) is 6.63. The largest absolute Gasteiger partial charge is 0.395 e. The number of aliphatic hydroxyl groups excluding tert-OH is 1. The molecule has 0 spiro atoms. The maximum absolute atomic E-state index is 12.2. The van der Waals surface area contributed by atoms with Crippen LogP contribution in [0.2, 0.25) is 0 Å². The summed E-state index contributed by atoms with van der Waals surface area (Å²) < 4.78 is 0. The summed E-state index contributed by atoms with van der Waals surface area (Å²) >= 11 is 0. The molecule has 1 aliphatic heterocycles. The average molecular weight is 242 g/mol. The molecule has 100 valence electrons. The first-order valence-corrected chi connectivity index (χ1v) is 6.63. The van der Waals surface area contributed by atoms with Gasteiger partial charge in [-0.05, 0) is 47.1 Å². The Hall–Kier alpha value is -0.610. The molecule has 1 aliphatic rings. The van der Waals surface area contributed by atoms with Crippen molar-refractivity contribution in [1.82, 2.24) is 9.80 Å². The molecule has 0 aromatic rings. The number of amides is 1. The third kappa shape index (κ3) is 3.68. The van der Waals surface area contributed by atoms with Gasteiger partial charge in [-0.15, -0.1) is 0 Å². The Morgan fingerprint density at radius 2 is 1.94 bits per heavy atom. The summed E-state index contributed by atoms with van der Waals surface area (Å²) in [5.74, 6) is 0.176. The van der Waals surface area contributed by atoms with E-state index < -0.39 is 0 Å². The summed E-state index contributed by atoms with van der Waals surface area (Å²) in [5, 5.41) is 9.24. The Balaban J connectivity index is 2.57. The highest BCUT2D eigenvalue weighted by atomic mass is 16.3. The normalized spacial score (nSPS) is 21.5. The van der Waals surface area contributed by atoms with Crippen molar-refractivity contribution in [2.75, 3.05) is 19.7 Å². The van der Waals surface area contributed by atoms with Gasteiger partial charge in [-0.3, -0.25) is 9.69 Å². The van der Waals surface area contributed by atoms with Gasteiger partial charge in [-0.2, -0.15) is 0 Å². The molecule has 4 heteroatoms. The number of hydrogen-bond acceptors (Lipinski definition) is 3. The average Bonchev–Trinajstić information content (AvgIpc) is 2.63. The van der Waals surface area contributed by atoms with E-state index in [4.69, 9.17) is 0 Å². The zero-order valence-corrected chi connectivity index (χ0v) is 11.5. The first kappa shape index (κ1) is 14.5. The number of likely N-dealkylation sites (tertiary alicyclic amines) is 1. The molecular weight excluding hydrogens is 216 g/mol. The summed E-state index contributed by atoms with van der Waals surface area (Å²) in [6.07, 6.45) is 2.09. The zero-order chi connectivity index (χ0) is 13.0. The monoisotopic (exact) mass is 242 g/mol. The lowest BCUT2D eigenvalue weighted by atomic mass is 10.2. The molecule has 0 radical (unpaired) electrons. The number of rotatable bonds is 5. The van der Waals surface area contributed by atoms with Crippen LogP contribution in [0.4, 0.5) is 0 Å². The zero-order valence-electron chi connectivity index (χ0n) is 11.5. The molecule has 17 heavy (non-hydrogen) atoms. The van der Waals surface area contributed by atoms with E-state index in [1.165, 1.54) is 0 Å². The topological polar surface area (TPSA) is 43.8 Å². The van der Waals surface area contributed by atoms with E-state index in [0.29, 0.717) is 6.54 Å². The second kappa shape index (κ2) is 6.36. The highest BCUT2D eigenvalue weighted by molar-refractivity contribution is 5.79. The summed E-state index contributed by atoms with van der Waals surface area (Å²) in [7, 11) is 0. The quantitative estimate of drug-likeness (QED) is 0.785. The van der Waals surface area contributed by atoms with E-state index in [1.54, 1.807) is 0 Å². The van der Waals surface area contributed by atoms with Crippen LogP contribution in [0.3, 0.4) is 0 Å². The molecule has 1 N–H and O–H groups in total.